The van der Waals surface area contributed by atoms with Gasteiger partial charge in [0.1, 0.15) is 6.04 Å². The number of carboxylic acids is 1. The van der Waals surface area contributed by atoms with Crippen LogP contribution in [-0.4, -0.2) is 43.4 Å². The Labute approximate surface area is 108 Å². The van der Waals surface area contributed by atoms with Crippen LogP contribution in [0.1, 0.15) is 20.8 Å². The molecular weight excluding hydrogens is 258 g/mol. The fourth-order valence-electron chi connectivity index (χ4n) is 1.25. The lowest BCUT2D eigenvalue weighted by atomic mass is 10.1. The molecule has 0 fully saturated rings. The predicted molar refractivity (Wildman–Crippen MR) is 65.7 cm³/mol. The minimum absolute atomic E-state index is 0.0102. The molecule has 1 unspecified atom stereocenters. The first-order valence-electron chi connectivity index (χ1n) is 5.47. The normalized spacial score (nSPS) is 15.4. The van der Waals surface area contributed by atoms with Crippen molar-refractivity contribution in [3.05, 3.63) is 0 Å². The van der Waals surface area contributed by atoms with E-state index in [1.165, 1.54) is 7.05 Å². The number of carbonyl (C=O) groups is 1. The van der Waals surface area contributed by atoms with Crippen LogP contribution in [0.15, 0.2) is 0 Å². The molecule has 0 saturated heterocycles. The lowest BCUT2D eigenvalue weighted by Gasteiger charge is -2.23. The highest BCUT2D eigenvalue weighted by atomic mass is 32.2. The Hall–Kier alpha value is -1.17. The van der Waals surface area contributed by atoms with E-state index in [1.807, 2.05) is 6.07 Å². The van der Waals surface area contributed by atoms with Crippen LogP contribution in [0.2, 0.25) is 0 Å². The Kier molecular flexibility index (Phi) is 6.25. The largest absolute Gasteiger partial charge is 0.480 e. The molecule has 0 saturated carbocycles. The van der Waals surface area contributed by atoms with E-state index in [0.717, 1.165) is 4.31 Å². The Bertz CT molecular complexity index is 427. The number of hydrogen-bond donors (Lipinski definition) is 2. The molecule has 0 aromatic carbocycles. The summed E-state index contributed by atoms with van der Waals surface area (Å²) in [5.41, 5.74) is 0. The topological polar surface area (TPSA) is 111 Å². The van der Waals surface area contributed by atoms with Crippen molar-refractivity contribution >= 4 is 16.2 Å². The van der Waals surface area contributed by atoms with Crippen LogP contribution in [0.3, 0.4) is 0 Å². The molecule has 0 aliphatic carbocycles. The minimum Gasteiger partial charge on any atom is -0.480 e. The van der Waals surface area contributed by atoms with Crippen LogP contribution in [0.5, 0.6) is 0 Å². The number of rotatable bonds is 7. The van der Waals surface area contributed by atoms with E-state index in [9.17, 15) is 13.2 Å². The van der Waals surface area contributed by atoms with Gasteiger partial charge in [0.2, 0.25) is 0 Å². The Morgan fingerprint density at radius 2 is 1.94 bits per heavy atom. The van der Waals surface area contributed by atoms with Gasteiger partial charge in [-0.1, -0.05) is 13.8 Å². The Balaban J connectivity index is 4.84. The first kappa shape index (κ1) is 16.8. The van der Waals surface area contributed by atoms with Gasteiger partial charge >= 0.3 is 5.97 Å². The van der Waals surface area contributed by atoms with Gasteiger partial charge in [0, 0.05) is 13.6 Å². The highest BCUT2D eigenvalue weighted by Crippen LogP contribution is 2.07. The number of nitrogens with one attached hydrogen (secondary N) is 1. The van der Waals surface area contributed by atoms with E-state index in [1.54, 1.807) is 20.8 Å². The van der Waals surface area contributed by atoms with Crippen LogP contribution in [-0.2, 0) is 15.0 Å². The fraction of sp³-hybridized carbons (Fsp3) is 0.800. The summed E-state index contributed by atoms with van der Waals surface area (Å²) in [6, 6.07) is 0.731. The molecule has 0 radical (unpaired) electrons. The molecule has 0 amide bonds. The van der Waals surface area contributed by atoms with Gasteiger partial charge in [-0.15, -0.1) is 0 Å². The van der Waals surface area contributed by atoms with Gasteiger partial charge in [0.05, 0.1) is 12.0 Å². The zero-order valence-corrected chi connectivity index (χ0v) is 11.7. The first-order chi connectivity index (χ1) is 8.11. The first-order valence-corrected chi connectivity index (χ1v) is 6.91. The number of aliphatic carboxylic acids is 1. The van der Waals surface area contributed by atoms with Crippen molar-refractivity contribution in [3.8, 4) is 6.07 Å². The van der Waals surface area contributed by atoms with Crippen LogP contribution >= 0.6 is 0 Å². The van der Waals surface area contributed by atoms with Crippen LogP contribution in [0.25, 0.3) is 0 Å². The number of carboxylic acid groups (broad SMARTS) is 1. The summed E-state index contributed by atoms with van der Waals surface area (Å²) in [5, 5.41) is 17.5. The van der Waals surface area contributed by atoms with E-state index in [-0.39, 0.29) is 12.5 Å². The molecule has 104 valence electrons. The highest BCUT2D eigenvalue weighted by Gasteiger charge is 2.29. The van der Waals surface area contributed by atoms with Crippen LogP contribution < -0.4 is 4.72 Å². The van der Waals surface area contributed by atoms with Gasteiger partial charge in [-0.2, -0.15) is 22.7 Å². The summed E-state index contributed by atoms with van der Waals surface area (Å²) in [6.45, 7) is 4.82. The van der Waals surface area contributed by atoms with E-state index in [2.05, 4.69) is 4.72 Å². The van der Waals surface area contributed by atoms with Crippen LogP contribution in [0.4, 0.5) is 0 Å². The van der Waals surface area contributed by atoms with Gasteiger partial charge in [0.25, 0.3) is 10.2 Å². The van der Waals surface area contributed by atoms with E-state index in [0.29, 0.717) is 0 Å². The molecule has 0 aliphatic rings. The quantitative estimate of drug-likeness (QED) is 0.681. The van der Waals surface area contributed by atoms with Crippen molar-refractivity contribution in [1.29, 1.82) is 5.26 Å². The van der Waals surface area contributed by atoms with Gasteiger partial charge in [0.15, 0.2) is 0 Å². The lowest BCUT2D eigenvalue weighted by molar-refractivity contribution is -0.140. The van der Waals surface area contributed by atoms with Crippen molar-refractivity contribution in [3.63, 3.8) is 0 Å². The van der Waals surface area contributed by atoms with E-state index < -0.39 is 28.1 Å². The van der Waals surface area contributed by atoms with Gasteiger partial charge in [-0.3, -0.25) is 4.79 Å². The average Bonchev–Trinajstić information content (AvgIpc) is 2.24. The highest BCUT2D eigenvalue weighted by molar-refractivity contribution is 7.87. The molecule has 0 aliphatic heterocycles. The van der Waals surface area contributed by atoms with Gasteiger partial charge in [-0.05, 0) is 12.8 Å². The summed E-state index contributed by atoms with van der Waals surface area (Å²) >= 11 is 0. The zero-order chi connectivity index (χ0) is 14.5. The molecule has 18 heavy (non-hydrogen) atoms. The molecule has 0 spiro atoms. The summed E-state index contributed by atoms with van der Waals surface area (Å²) in [4.78, 5) is 10.9. The third-order valence-electron chi connectivity index (χ3n) is 2.37. The second kappa shape index (κ2) is 6.68. The second-order valence-corrected chi connectivity index (χ2v) is 6.30. The molecule has 0 rings (SSSR count). The number of nitrogens with zero attached hydrogens (tertiary/aromatic N) is 2. The standard InChI is InChI=1S/C10H19N3O4S/c1-7(2)9(10(14)15)12-18(16,17)13(4)6-8(3)5-11/h7-9,12H,6H2,1-4H3,(H,14,15)/t8?,9-/m1/s1. The SMILES string of the molecule is CC(C#N)CN(C)S(=O)(=O)N[C@@H](C(=O)O)C(C)C. The third kappa shape index (κ3) is 5.00. The summed E-state index contributed by atoms with van der Waals surface area (Å²) < 4.78 is 26.7. The summed E-state index contributed by atoms with van der Waals surface area (Å²) in [5.74, 6) is -2.07. The smallest absolute Gasteiger partial charge is 0.322 e. The van der Waals surface area contributed by atoms with Crippen molar-refractivity contribution in [2.75, 3.05) is 13.6 Å². The maximum absolute atomic E-state index is 11.8. The average molecular weight is 277 g/mol. The maximum atomic E-state index is 11.8. The van der Waals surface area contributed by atoms with Gasteiger partial charge < -0.3 is 5.11 Å². The maximum Gasteiger partial charge on any atom is 0.322 e. The van der Waals surface area contributed by atoms with Crippen molar-refractivity contribution < 1.29 is 18.3 Å². The molecule has 0 bridgehead atoms. The molecule has 8 heteroatoms. The Morgan fingerprint density at radius 1 is 1.44 bits per heavy atom. The van der Waals surface area contributed by atoms with Crippen molar-refractivity contribution in [1.82, 2.24) is 9.03 Å². The molecule has 0 heterocycles. The lowest BCUT2D eigenvalue weighted by Crippen LogP contribution is -2.50. The number of nitriles is 1. The third-order valence-corrected chi connectivity index (χ3v) is 3.89. The monoisotopic (exact) mass is 277 g/mol. The fourth-order valence-corrected chi connectivity index (χ4v) is 2.54. The van der Waals surface area contributed by atoms with Crippen LogP contribution in [0, 0.1) is 23.2 Å². The zero-order valence-electron chi connectivity index (χ0n) is 10.9. The van der Waals surface area contributed by atoms with Gasteiger partial charge in [-0.25, -0.2) is 0 Å². The second-order valence-electron chi connectivity index (χ2n) is 4.49. The summed E-state index contributed by atoms with van der Waals surface area (Å²) in [6.07, 6.45) is 0. The molecule has 7 nitrogen and oxygen atoms in total. The van der Waals surface area contributed by atoms with Crippen molar-refractivity contribution in [2.45, 2.75) is 26.8 Å². The predicted octanol–water partition coefficient (Wildman–Crippen LogP) is 0.0215. The number of hydrogen-bond acceptors (Lipinski definition) is 4. The molecular formula is C10H19N3O4S. The molecule has 2 atom stereocenters. The molecule has 0 aromatic heterocycles. The summed E-state index contributed by atoms with van der Waals surface area (Å²) in [7, 11) is -2.60. The Morgan fingerprint density at radius 3 is 2.28 bits per heavy atom. The molecule has 0 aromatic rings. The minimum atomic E-state index is -3.90. The van der Waals surface area contributed by atoms with Crippen molar-refractivity contribution in [2.24, 2.45) is 11.8 Å². The van der Waals surface area contributed by atoms with E-state index in [4.69, 9.17) is 10.4 Å². The molecule has 2 N–H and O–H groups in total. The van der Waals surface area contributed by atoms with E-state index >= 15 is 0 Å².